The molecule has 5 nitrogen and oxygen atoms in total. The SMILES string of the molecule is CNCC(=Cc1cnccc1OC)B1OC(C)(C)C(C)(C)O1. The lowest BCUT2D eigenvalue weighted by atomic mass is 9.77. The lowest BCUT2D eigenvalue weighted by Gasteiger charge is -2.32. The summed E-state index contributed by atoms with van der Waals surface area (Å²) in [4.78, 5) is 4.16. The molecule has 0 bridgehead atoms. The zero-order valence-corrected chi connectivity index (χ0v) is 14.3. The summed E-state index contributed by atoms with van der Waals surface area (Å²) in [6.45, 7) is 8.86. The van der Waals surface area contributed by atoms with E-state index in [2.05, 4.69) is 38.0 Å². The summed E-state index contributed by atoms with van der Waals surface area (Å²) in [7, 11) is 3.17. The van der Waals surface area contributed by atoms with Crippen molar-refractivity contribution in [2.45, 2.75) is 38.9 Å². The predicted molar refractivity (Wildman–Crippen MR) is 88.8 cm³/mol. The zero-order valence-electron chi connectivity index (χ0n) is 14.3. The number of nitrogens with zero attached hydrogens (tertiary/aromatic N) is 1. The second kappa shape index (κ2) is 6.40. The largest absolute Gasteiger partial charge is 0.496 e. The Morgan fingerprint density at radius 3 is 2.50 bits per heavy atom. The number of likely N-dealkylation sites (N-methyl/N-ethyl adjacent to an activating group) is 1. The van der Waals surface area contributed by atoms with E-state index >= 15 is 0 Å². The van der Waals surface area contributed by atoms with Gasteiger partial charge in [-0.15, -0.1) is 0 Å². The molecule has 1 aromatic rings. The highest BCUT2D eigenvalue weighted by Gasteiger charge is 2.52. The first-order valence-corrected chi connectivity index (χ1v) is 7.49. The van der Waals surface area contributed by atoms with Gasteiger partial charge in [-0.25, -0.2) is 0 Å². The van der Waals surface area contributed by atoms with Gasteiger partial charge in [0.15, 0.2) is 0 Å². The lowest BCUT2D eigenvalue weighted by Crippen LogP contribution is -2.41. The molecule has 0 atom stereocenters. The van der Waals surface area contributed by atoms with Crippen LogP contribution in [0.15, 0.2) is 23.9 Å². The van der Waals surface area contributed by atoms with Crippen LogP contribution < -0.4 is 10.1 Å². The van der Waals surface area contributed by atoms with Crippen LogP contribution in [0.3, 0.4) is 0 Å². The quantitative estimate of drug-likeness (QED) is 0.846. The molecule has 0 radical (unpaired) electrons. The van der Waals surface area contributed by atoms with E-state index in [-0.39, 0.29) is 18.3 Å². The maximum absolute atomic E-state index is 6.13. The van der Waals surface area contributed by atoms with Gasteiger partial charge in [0.05, 0.1) is 18.3 Å². The van der Waals surface area contributed by atoms with E-state index in [0.29, 0.717) is 6.54 Å². The number of pyridine rings is 1. The number of ether oxygens (including phenoxy) is 1. The molecule has 2 rings (SSSR count). The van der Waals surface area contributed by atoms with Crippen LogP contribution in [0.2, 0.25) is 0 Å². The van der Waals surface area contributed by atoms with Crippen LogP contribution in [0.5, 0.6) is 5.75 Å². The van der Waals surface area contributed by atoms with Gasteiger partial charge < -0.3 is 19.4 Å². The molecule has 1 aliphatic heterocycles. The molecule has 120 valence electrons. The normalized spacial score (nSPS) is 20.3. The van der Waals surface area contributed by atoms with Crippen LogP contribution in [0.25, 0.3) is 6.08 Å². The first-order chi connectivity index (χ1) is 10.3. The Hall–Kier alpha value is -1.37. The Morgan fingerprint density at radius 2 is 1.95 bits per heavy atom. The first-order valence-electron chi connectivity index (χ1n) is 7.49. The monoisotopic (exact) mass is 304 g/mol. The van der Waals surface area contributed by atoms with E-state index in [4.69, 9.17) is 14.0 Å². The fraction of sp³-hybridized carbons (Fsp3) is 0.562. The number of hydrogen-bond donors (Lipinski definition) is 1. The highest BCUT2D eigenvalue weighted by Crippen LogP contribution is 2.39. The number of aromatic nitrogens is 1. The van der Waals surface area contributed by atoms with Gasteiger partial charge in [0.2, 0.25) is 0 Å². The molecule has 1 aliphatic rings. The average Bonchev–Trinajstić information content (AvgIpc) is 2.67. The van der Waals surface area contributed by atoms with Gasteiger partial charge in [0, 0.05) is 24.5 Å². The van der Waals surface area contributed by atoms with Crippen LogP contribution in [0.1, 0.15) is 33.3 Å². The van der Waals surface area contributed by atoms with E-state index in [9.17, 15) is 0 Å². The number of rotatable bonds is 5. The minimum atomic E-state index is -0.387. The molecule has 1 saturated heterocycles. The Bertz CT molecular complexity index is 542. The molecule has 1 N–H and O–H groups in total. The summed E-state index contributed by atoms with van der Waals surface area (Å²) in [6, 6.07) is 1.84. The third-order valence-corrected chi connectivity index (χ3v) is 4.31. The summed E-state index contributed by atoms with van der Waals surface area (Å²) in [5.41, 5.74) is 1.20. The summed E-state index contributed by atoms with van der Waals surface area (Å²) in [6.07, 6.45) is 5.51. The van der Waals surface area contributed by atoms with Gasteiger partial charge in [-0.3, -0.25) is 4.98 Å². The maximum atomic E-state index is 6.13. The standard InChI is InChI=1S/C16H25BN2O3/c1-15(2)16(3,4)22-17(21-15)13(11-18-5)9-12-10-19-8-7-14(12)20-6/h7-10,18H,11H2,1-6H3. The van der Waals surface area contributed by atoms with Gasteiger partial charge in [-0.1, -0.05) is 6.08 Å². The second-order valence-corrected chi connectivity index (χ2v) is 6.46. The summed E-state index contributed by atoms with van der Waals surface area (Å²) in [5.74, 6) is 0.778. The van der Waals surface area contributed by atoms with Gasteiger partial charge in [-0.2, -0.15) is 0 Å². The molecule has 0 unspecified atom stereocenters. The van der Waals surface area contributed by atoms with Crippen molar-refractivity contribution in [2.24, 2.45) is 0 Å². The van der Waals surface area contributed by atoms with Crippen LogP contribution in [0, 0.1) is 0 Å². The maximum Gasteiger partial charge on any atom is 0.491 e. The van der Waals surface area contributed by atoms with E-state index in [1.807, 2.05) is 19.2 Å². The highest BCUT2D eigenvalue weighted by molar-refractivity contribution is 6.56. The molecule has 0 amide bonds. The van der Waals surface area contributed by atoms with Crippen molar-refractivity contribution >= 4 is 13.2 Å². The smallest absolute Gasteiger partial charge is 0.491 e. The molecule has 1 aromatic heterocycles. The fourth-order valence-corrected chi connectivity index (χ4v) is 2.29. The Kier molecular flexibility index (Phi) is 4.95. The number of nitrogens with one attached hydrogen (secondary N) is 1. The highest BCUT2D eigenvalue weighted by atomic mass is 16.7. The molecule has 1 fully saturated rings. The van der Waals surface area contributed by atoms with Gasteiger partial charge in [0.1, 0.15) is 5.75 Å². The van der Waals surface area contributed by atoms with Gasteiger partial charge in [0.25, 0.3) is 0 Å². The third kappa shape index (κ3) is 3.34. The van der Waals surface area contributed by atoms with Crippen molar-refractivity contribution < 1.29 is 14.0 Å². The van der Waals surface area contributed by atoms with Crippen molar-refractivity contribution in [3.63, 3.8) is 0 Å². The number of hydrogen-bond acceptors (Lipinski definition) is 5. The third-order valence-electron chi connectivity index (χ3n) is 4.31. The van der Waals surface area contributed by atoms with Crippen molar-refractivity contribution in [3.05, 3.63) is 29.5 Å². The van der Waals surface area contributed by atoms with Crippen molar-refractivity contribution in [1.29, 1.82) is 0 Å². The molecule has 6 heteroatoms. The van der Waals surface area contributed by atoms with E-state index in [1.54, 1.807) is 19.5 Å². The molecular formula is C16H25BN2O3. The summed E-state index contributed by atoms with van der Waals surface area (Å²) < 4.78 is 17.6. The molecule has 2 heterocycles. The topological polar surface area (TPSA) is 52.6 Å². The van der Waals surface area contributed by atoms with Crippen LogP contribution in [-0.4, -0.2) is 44.0 Å². The van der Waals surface area contributed by atoms with Crippen LogP contribution >= 0.6 is 0 Å². The van der Waals surface area contributed by atoms with Crippen LogP contribution in [-0.2, 0) is 9.31 Å². The average molecular weight is 304 g/mol. The predicted octanol–water partition coefficient (Wildman–Crippen LogP) is 2.32. The first kappa shape index (κ1) is 17.0. The minimum Gasteiger partial charge on any atom is -0.496 e. The van der Waals surface area contributed by atoms with E-state index in [0.717, 1.165) is 16.8 Å². The Balaban J connectivity index is 2.33. The minimum absolute atomic E-state index is 0.358. The summed E-state index contributed by atoms with van der Waals surface area (Å²) in [5, 5.41) is 3.17. The van der Waals surface area contributed by atoms with Crippen LogP contribution in [0.4, 0.5) is 0 Å². The van der Waals surface area contributed by atoms with Crippen molar-refractivity contribution in [1.82, 2.24) is 10.3 Å². The summed E-state index contributed by atoms with van der Waals surface area (Å²) >= 11 is 0. The molecule has 0 aliphatic carbocycles. The van der Waals surface area contributed by atoms with Gasteiger partial charge in [-0.05, 0) is 46.3 Å². The molecule has 0 spiro atoms. The van der Waals surface area contributed by atoms with E-state index in [1.165, 1.54) is 0 Å². The molecule has 0 saturated carbocycles. The lowest BCUT2D eigenvalue weighted by molar-refractivity contribution is 0.00578. The Morgan fingerprint density at radius 1 is 1.32 bits per heavy atom. The molecular weight excluding hydrogens is 279 g/mol. The van der Waals surface area contributed by atoms with E-state index < -0.39 is 0 Å². The van der Waals surface area contributed by atoms with Gasteiger partial charge >= 0.3 is 7.12 Å². The second-order valence-electron chi connectivity index (χ2n) is 6.46. The number of methoxy groups -OCH3 is 1. The van der Waals surface area contributed by atoms with Crippen molar-refractivity contribution in [2.75, 3.05) is 20.7 Å². The fourth-order valence-electron chi connectivity index (χ4n) is 2.29. The Labute approximate surface area is 133 Å². The van der Waals surface area contributed by atoms with Crippen molar-refractivity contribution in [3.8, 4) is 5.75 Å². The molecule has 22 heavy (non-hydrogen) atoms. The molecule has 0 aromatic carbocycles. The zero-order chi connectivity index (χ0) is 16.4.